The molecular formula is C14H29NO3Si. The largest absolute Gasteiger partial charge is 0.469 e. The normalized spacial score (nSPS) is 25.2. The van der Waals surface area contributed by atoms with Crippen LogP contribution >= 0.6 is 0 Å². The van der Waals surface area contributed by atoms with Gasteiger partial charge in [0.2, 0.25) is 0 Å². The lowest BCUT2D eigenvalue weighted by Gasteiger charge is -2.41. The first-order valence-corrected chi connectivity index (χ1v) is 10.0. The van der Waals surface area contributed by atoms with Gasteiger partial charge in [-0.3, -0.25) is 4.79 Å². The van der Waals surface area contributed by atoms with Gasteiger partial charge in [-0.1, -0.05) is 20.8 Å². The minimum atomic E-state index is -1.68. The van der Waals surface area contributed by atoms with E-state index < -0.39 is 8.32 Å². The summed E-state index contributed by atoms with van der Waals surface area (Å²) in [7, 11) is -0.246. The van der Waals surface area contributed by atoms with E-state index in [0.29, 0.717) is 6.42 Å². The van der Waals surface area contributed by atoms with Crippen LogP contribution in [0.2, 0.25) is 18.1 Å². The zero-order valence-electron chi connectivity index (χ0n) is 13.2. The van der Waals surface area contributed by atoms with E-state index in [2.05, 4.69) is 39.2 Å². The molecule has 1 rings (SSSR count). The lowest BCUT2D eigenvalue weighted by atomic mass is 10.0. The summed E-state index contributed by atoms with van der Waals surface area (Å²) in [5.41, 5.74) is 0. The second-order valence-electron chi connectivity index (χ2n) is 6.96. The predicted octanol–water partition coefficient (Wildman–Crippen LogP) is 2.69. The van der Waals surface area contributed by atoms with Gasteiger partial charge in [-0.25, -0.2) is 0 Å². The summed E-state index contributed by atoms with van der Waals surface area (Å²) in [5, 5.41) is 3.65. The number of methoxy groups -OCH3 is 1. The fourth-order valence-electron chi connectivity index (χ4n) is 2.04. The SMILES string of the molecule is COC(=O)CC1CCC(O[Si](C)(C)C(C)(C)C)CN1. The Labute approximate surface area is 118 Å². The Morgan fingerprint density at radius 1 is 1.32 bits per heavy atom. The Bertz CT molecular complexity index is 304. The third kappa shape index (κ3) is 4.89. The van der Waals surface area contributed by atoms with Gasteiger partial charge in [0.1, 0.15) is 0 Å². The van der Waals surface area contributed by atoms with Crippen LogP contribution in [0.3, 0.4) is 0 Å². The van der Waals surface area contributed by atoms with E-state index in [4.69, 9.17) is 9.16 Å². The second kappa shape index (κ2) is 6.37. The molecule has 0 radical (unpaired) electrons. The molecule has 2 atom stereocenters. The van der Waals surface area contributed by atoms with E-state index in [1.807, 2.05) is 0 Å². The van der Waals surface area contributed by atoms with Gasteiger partial charge < -0.3 is 14.5 Å². The number of esters is 1. The summed E-state index contributed by atoms with van der Waals surface area (Å²) >= 11 is 0. The number of hydrogen-bond donors (Lipinski definition) is 1. The third-order valence-electron chi connectivity index (χ3n) is 4.38. The van der Waals surface area contributed by atoms with Crippen LogP contribution in [0, 0.1) is 0 Å². The maximum absolute atomic E-state index is 11.2. The molecule has 0 saturated carbocycles. The first-order valence-electron chi connectivity index (χ1n) is 7.14. The minimum absolute atomic E-state index is 0.138. The average Bonchev–Trinajstić information content (AvgIpc) is 2.29. The molecule has 1 fully saturated rings. The van der Waals surface area contributed by atoms with E-state index in [-0.39, 0.29) is 23.2 Å². The molecule has 1 aliphatic heterocycles. The Balaban J connectivity index is 2.40. The van der Waals surface area contributed by atoms with Gasteiger partial charge in [-0.2, -0.15) is 0 Å². The maximum atomic E-state index is 11.2. The highest BCUT2D eigenvalue weighted by molar-refractivity contribution is 6.74. The standard InChI is InChI=1S/C14H29NO3Si/c1-14(2,3)19(5,6)18-12-8-7-11(15-10-12)9-13(16)17-4/h11-12,15H,7-10H2,1-6H3. The Kier molecular flexibility index (Phi) is 5.59. The molecular weight excluding hydrogens is 258 g/mol. The summed E-state index contributed by atoms with van der Waals surface area (Å²) in [6.45, 7) is 12.2. The zero-order chi connectivity index (χ0) is 14.7. The summed E-state index contributed by atoms with van der Waals surface area (Å²) in [4.78, 5) is 11.2. The van der Waals surface area contributed by atoms with Gasteiger partial charge in [-0.05, 0) is 31.0 Å². The zero-order valence-corrected chi connectivity index (χ0v) is 14.2. The van der Waals surface area contributed by atoms with E-state index in [1.165, 1.54) is 7.11 Å². The number of carbonyl (C=O) groups is 1. The Morgan fingerprint density at radius 2 is 1.95 bits per heavy atom. The van der Waals surface area contributed by atoms with Crippen LogP contribution in [-0.2, 0) is 14.0 Å². The number of ether oxygens (including phenoxy) is 1. The van der Waals surface area contributed by atoms with Crippen molar-refractivity contribution in [3.05, 3.63) is 0 Å². The van der Waals surface area contributed by atoms with Crippen molar-refractivity contribution in [2.75, 3.05) is 13.7 Å². The molecule has 0 bridgehead atoms. The number of hydrogen-bond acceptors (Lipinski definition) is 4. The quantitative estimate of drug-likeness (QED) is 0.638. The lowest BCUT2D eigenvalue weighted by molar-refractivity contribution is -0.141. The number of nitrogens with one attached hydrogen (secondary N) is 1. The highest BCUT2D eigenvalue weighted by Gasteiger charge is 2.39. The van der Waals surface area contributed by atoms with Gasteiger partial charge in [0.25, 0.3) is 0 Å². The van der Waals surface area contributed by atoms with Crippen molar-refractivity contribution in [2.45, 2.75) is 70.3 Å². The Morgan fingerprint density at radius 3 is 2.37 bits per heavy atom. The molecule has 1 heterocycles. The molecule has 1 aliphatic rings. The molecule has 0 aromatic carbocycles. The van der Waals surface area contributed by atoms with Crippen LogP contribution in [0.4, 0.5) is 0 Å². The number of carbonyl (C=O) groups excluding carboxylic acids is 1. The molecule has 0 aromatic heterocycles. The van der Waals surface area contributed by atoms with Crippen LogP contribution < -0.4 is 5.32 Å². The molecule has 1 saturated heterocycles. The average molecular weight is 287 g/mol. The van der Waals surface area contributed by atoms with E-state index in [0.717, 1.165) is 19.4 Å². The molecule has 2 unspecified atom stereocenters. The van der Waals surface area contributed by atoms with E-state index in [1.54, 1.807) is 0 Å². The fraction of sp³-hybridized carbons (Fsp3) is 0.929. The lowest BCUT2D eigenvalue weighted by Crippen LogP contribution is -2.50. The van der Waals surface area contributed by atoms with Gasteiger partial charge in [0, 0.05) is 12.6 Å². The summed E-state index contributed by atoms with van der Waals surface area (Å²) < 4.78 is 11.1. The van der Waals surface area contributed by atoms with Crippen LogP contribution in [0.1, 0.15) is 40.0 Å². The highest BCUT2D eigenvalue weighted by atomic mass is 28.4. The molecule has 0 amide bonds. The van der Waals surface area contributed by atoms with E-state index >= 15 is 0 Å². The molecule has 0 spiro atoms. The summed E-state index contributed by atoms with van der Waals surface area (Å²) in [6.07, 6.45) is 2.76. The molecule has 0 aliphatic carbocycles. The monoisotopic (exact) mass is 287 g/mol. The number of piperidine rings is 1. The number of rotatable bonds is 4. The minimum Gasteiger partial charge on any atom is -0.469 e. The van der Waals surface area contributed by atoms with Crippen molar-refractivity contribution in [1.29, 1.82) is 0 Å². The smallest absolute Gasteiger partial charge is 0.307 e. The molecule has 19 heavy (non-hydrogen) atoms. The van der Waals surface area contributed by atoms with Crippen LogP contribution in [0.25, 0.3) is 0 Å². The van der Waals surface area contributed by atoms with Gasteiger partial charge in [0.15, 0.2) is 8.32 Å². The summed E-state index contributed by atoms with van der Waals surface area (Å²) in [5.74, 6) is -0.138. The van der Waals surface area contributed by atoms with Gasteiger partial charge >= 0.3 is 5.97 Å². The highest BCUT2D eigenvalue weighted by Crippen LogP contribution is 2.38. The first-order chi connectivity index (χ1) is 8.65. The topological polar surface area (TPSA) is 47.6 Å². The molecule has 4 nitrogen and oxygen atoms in total. The van der Waals surface area contributed by atoms with Crippen LogP contribution in [-0.4, -0.2) is 40.1 Å². The third-order valence-corrected chi connectivity index (χ3v) is 8.91. The molecule has 5 heteroatoms. The predicted molar refractivity (Wildman–Crippen MR) is 79.7 cm³/mol. The second-order valence-corrected chi connectivity index (χ2v) is 11.7. The fourth-order valence-corrected chi connectivity index (χ4v) is 3.43. The van der Waals surface area contributed by atoms with Crippen LogP contribution in [0.5, 0.6) is 0 Å². The van der Waals surface area contributed by atoms with Gasteiger partial charge in [0.05, 0.1) is 19.6 Å². The Hall–Kier alpha value is -0.393. The first kappa shape index (κ1) is 16.7. The van der Waals surface area contributed by atoms with Crippen molar-refractivity contribution in [3.63, 3.8) is 0 Å². The molecule has 0 aromatic rings. The van der Waals surface area contributed by atoms with Crippen LogP contribution in [0.15, 0.2) is 0 Å². The van der Waals surface area contributed by atoms with Crippen molar-refractivity contribution in [2.24, 2.45) is 0 Å². The van der Waals surface area contributed by atoms with Crippen molar-refractivity contribution in [1.82, 2.24) is 5.32 Å². The van der Waals surface area contributed by atoms with Crippen molar-refractivity contribution in [3.8, 4) is 0 Å². The molecule has 112 valence electrons. The van der Waals surface area contributed by atoms with Gasteiger partial charge in [-0.15, -0.1) is 0 Å². The molecule has 1 N–H and O–H groups in total. The maximum Gasteiger partial charge on any atom is 0.307 e. The van der Waals surface area contributed by atoms with E-state index in [9.17, 15) is 4.79 Å². The van der Waals surface area contributed by atoms with Crippen molar-refractivity contribution < 1.29 is 14.0 Å². The summed E-state index contributed by atoms with van der Waals surface area (Å²) in [6, 6.07) is 0.242. The van der Waals surface area contributed by atoms with Crippen molar-refractivity contribution >= 4 is 14.3 Å².